The van der Waals surface area contributed by atoms with Crippen LogP contribution in [-0.2, 0) is 17.8 Å². The average Bonchev–Trinajstić information content (AvgIpc) is 3.19. The summed E-state index contributed by atoms with van der Waals surface area (Å²) in [6.07, 6.45) is -1.37. The summed E-state index contributed by atoms with van der Waals surface area (Å²) in [4.78, 5) is 21.8. The van der Waals surface area contributed by atoms with Crippen LogP contribution in [0.25, 0.3) is 11.0 Å². The number of alkyl halides is 3. The van der Waals surface area contributed by atoms with Crippen LogP contribution < -0.4 is 15.5 Å². The first-order valence-electron chi connectivity index (χ1n) is 11.4. The van der Waals surface area contributed by atoms with Crippen LogP contribution in [-0.4, -0.2) is 93.8 Å². The van der Waals surface area contributed by atoms with Gasteiger partial charge in [0.05, 0.1) is 13.2 Å². The molecule has 3 aromatic heterocycles. The van der Waals surface area contributed by atoms with E-state index in [0.29, 0.717) is 41.7 Å². The van der Waals surface area contributed by atoms with Gasteiger partial charge in [-0.25, -0.2) is 15.0 Å². The summed E-state index contributed by atoms with van der Waals surface area (Å²) in [6.45, 7) is 5.36. The maximum Gasteiger partial charge on any atom is 0.411 e. The van der Waals surface area contributed by atoms with E-state index in [9.17, 15) is 13.2 Å². The van der Waals surface area contributed by atoms with Crippen molar-refractivity contribution in [1.82, 2.24) is 39.9 Å². The van der Waals surface area contributed by atoms with Crippen LogP contribution in [0.1, 0.15) is 12.6 Å². The minimum absolute atomic E-state index is 0.110. The van der Waals surface area contributed by atoms with E-state index in [4.69, 9.17) is 19.8 Å². The molecule has 11 nitrogen and oxygen atoms in total. The Balaban J connectivity index is 1.74. The predicted octanol–water partition coefficient (Wildman–Crippen LogP) is 1.80. The highest BCUT2D eigenvalue weighted by molar-refractivity contribution is 5.90. The van der Waals surface area contributed by atoms with Gasteiger partial charge in [0.2, 0.25) is 5.95 Å². The van der Waals surface area contributed by atoms with Crippen LogP contribution in [0, 0.1) is 0 Å². The molecule has 1 aliphatic heterocycles. The molecule has 4 rings (SSSR count). The first-order chi connectivity index (χ1) is 16.8. The molecule has 0 bridgehead atoms. The summed E-state index contributed by atoms with van der Waals surface area (Å²) >= 11 is 0. The van der Waals surface area contributed by atoms with Crippen molar-refractivity contribution in [2.45, 2.75) is 26.2 Å². The third-order valence-electron chi connectivity index (χ3n) is 5.59. The molecule has 0 unspecified atom stereocenters. The van der Waals surface area contributed by atoms with E-state index < -0.39 is 12.8 Å². The Bertz CT molecular complexity index is 1100. The zero-order valence-corrected chi connectivity index (χ0v) is 19.7. The van der Waals surface area contributed by atoms with Crippen molar-refractivity contribution in [3.63, 3.8) is 0 Å². The molecule has 2 N–H and O–H groups in total. The predicted molar refractivity (Wildman–Crippen MR) is 125 cm³/mol. The van der Waals surface area contributed by atoms with Crippen molar-refractivity contribution < 1.29 is 17.9 Å². The first kappa shape index (κ1) is 25.0. The van der Waals surface area contributed by atoms with Gasteiger partial charge in [-0.3, -0.25) is 9.58 Å². The maximum atomic E-state index is 12.6. The molecular formula is C21H29F3N10O. The van der Waals surface area contributed by atoms with Crippen molar-refractivity contribution in [3.8, 4) is 0 Å². The van der Waals surface area contributed by atoms with Gasteiger partial charge in [-0.1, -0.05) is 0 Å². The number of rotatable bonds is 10. The topological polar surface area (TPSA) is 109 Å². The second-order valence-electron chi connectivity index (χ2n) is 8.17. The van der Waals surface area contributed by atoms with Gasteiger partial charge in [-0.2, -0.15) is 23.3 Å². The van der Waals surface area contributed by atoms with E-state index in [0.717, 1.165) is 31.9 Å². The van der Waals surface area contributed by atoms with Gasteiger partial charge in [0.15, 0.2) is 5.82 Å². The molecule has 0 amide bonds. The SMILES string of the molecule is CCN(C)c1nc(Nc2ccncn2)c2c(n1)c(CN1CCNCC1)nn2CCOCC(F)(F)F. The monoisotopic (exact) mass is 494 g/mol. The van der Waals surface area contributed by atoms with Crippen LogP contribution in [0.4, 0.5) is 30.8 Å². The molecule has 0 spiro atoms. The molecule has 0 radical (unpaired) electrons. The molecule has 0 atom stereocenters. The van der Waals surface area contributed by atoms with Gasteiger partial charge in [-0.05, 0) is 13.0 Å². The van der Waals surface area contributed by atoms with E-state index in [2.05, 4.69) is 25.5 Å². The Morgan fingerprint density at radius 3 is 2.71 bits per heavy atom. The van der Waals surface area contributed by atoms with Crippen molar-refractivity contribution in [1.29, 1.82) is 0 Å². The molecular weight excluding hydrogens is 465 g/mol. The van der Waals surface area contributed by atoms with E-state index in [1.807, 2.05) is 18.9 Å². The minimum atomic E-state index is -4.39. The highest BCUT2D eigenvalue weighted by atomic mass is 19.4. The van der Waals surface area contributed by atoms with Gasteiger partial charge in [0, 0.05) is 52.5 Å². The standard InChI is InChI=1S/C21H29F3N10O/c1-3-32(2)20-29-17-15(12-33-8-6-25-7-9-33)31-34(10-11-35-13-21(22,23)24)18(17)19(30-20)28-16-4-5-26-14-27-16/h4-5,14,25H,3,6-13H2,1-2H3,(H,26,27,28,29,30). The van der Waals surface area contributed by atoms with Gasteiger partial charge < -0.3 is 20.3 Å². The van der Waals surface area contributed by atoms with Crippen LogP contribution in [0.3, 0.4) is 0 Å². The minimum Gasteiger partial charge on any atom is -0.370 e. The molecule has 0 aromatic carbocycles. The number of fused-ring (bicyclic) bond motifs is 1. The Kier molecular flexibility index (Phi) is 7.93. The van der Waals surface area contributed by atoms with E-state index in [1.165, 1.54) is 6.33 Å². The third kappa shape index (κ3) is 6.52. The van der Waals surface area contributed by atoms with Gasteiger partial charge in [-0.15, -0.1) is 0 Å². The van der Waals surface area contributed by atoms with Gasteiger partial charge in [0.25, 0.3) is 0 Å². The normalized spacial score (nSPS) is 15.0. The highest BCUT2D eigenvalue weighted by Gasteiger charge is 2.28. The van der Waals surface area contributed by atoms with Gasteiger partial charge in [0.1, 0.15) is 35.5 Å². The molecule has 3 aromatic rings. The number of anilines is 3. The van der Waals surface area contributed by atoms with Crippen LogP contribution in [0.2, 0.25) is 0 Å². The van der Waals surface area contributed by atoms with Gasteiger partial charge >= 0.3 is 6.18 Å². The molecule has 35 heavy (non-hydrogen) atoms. The van der Waals surface area contributed by atoms with E-state index in [1.54, 1.807) is 16.9 Å². The lowest BCUT2D eigenvalue weighted by atomic mass is 10.2. The Morgan fingerprint density at radius 1 is 1.23 bits per heavy atom. The fourth-order valence-electron chi connectivity index (χ4n) is 3.71. The summed E-state index contributed by atoms with van der Waals surface area (Å²) < 4.78 is 44.1. The Labute approximate surface area is 200 Å². The molecule has 190 valence electrons. The largest absolute Gasteiger partial charge is 0.411 e. The number of aromatic nitrogens is 6. The number of nitrogens with zero attached hydrogens (tertiary/aromatic N) is 8. The van der Waals surface area contributed by atoms with Crippen molar-refractivity contribution in [2.24, 2.45) is 0 Å². The van der Waals surface area contributed by atoms with E-state index in [-0.39, 0.29) is 13.2 Å². The highest BCUT2D eigenvalue weighted by Crippen LogP contribution is 2.29. The summed E-state index contributed by atoms with van der Waals surface area (Å²) in [5.74, 6) is 1.49. The van der Waals surface area contributed by atoms with Crippen molar-refractivity contribution >= 4 is 28.6 Å². The second-order valence-corrected chi connectivity index (χ2v) is 8.17. The summed E-state index contributed by atoms with van der Waals surface area (Å²) in [6, 6.07) is 1.70. The lowest BCUT2D eigenvalue weighted by Crippen LogP contribution is -2.43. The first-order valence-corrected chi connectivity index (χ1v) is 11.4. The summed E-state index contributed by atoms with van der Waals surface area (Å²) in [5.41, 5.74) is 1.95. The maximum absolute atomic E-state index is 12.6. The molecule has 1 fully saturated rings. The van der Waals surface area contributed by atoms with Crippen molar-refractivity contribution in [2.75, 3.05) is 63.2 Å². The van der Waals surface area contributed by atoms with Crippen LogP contribution in [0.5, 0.6) is 0 Å². The lowest BCUT2D eigenvalue weighted by molar-refractivity contribution is -0.174. The fraction of sp³-hybridized carbons (Fsp3) is 0.571. The molecule has 1 saturated heterocycles. The zero-order chi connectivity index (χ0) is 24.8. The number of nitrogens with one attached hydrogen (secondary N) is 2. The third-order valence-corrected chi connectivity index (χ3v) is 5.59. The molecule has 14 heteroatoms. The Morgan fingerprint density at radius 2 is 2.03 bits per heavy atom. The molecule has 0 saturated carbocycles. The molecule has 0 aliphatic carbocycles. The number of ether oxygens (including phenoxy) is 1. The number of hydrogen-bond acceptors (Lipinski definition) is 10. The zero-order valence-electron chi connectivity index (χ0n) is 19.7. The van der Waals surface area contributed by atoms with Crippen molar-refractivity contribution in [3.05, 3.63) is 24.3 Å². The van der Waals surface area contributed by atoms with E-state index >= 15 is 0 Å². The number of halogens is 3. The van der Waals surface area contributed by atoms with Crippen LogP contribution >= 0.6 is 0 Å². The Hall–Kier alpha value is -3.10. The fourth-order valence-corrected chi connectivity index (χ4v) is 3.71. The quantitative estimate of drug-likeness (QED) is 0.405. The summed E-state index contributed by atoms with van der Waals surface area (Å²) in [5, 5.41) is 11.3. The average molecular weight is 495 g/mol. The lowest BCUT2D eigenvalue weighted by Gasteiger charge is -2.26. The second kappa shape index (κ2) is 11.1. The summed E-state index contributed by atoms with van der Waals surface area (Å²) in [7, 11) is 1.89. The van der Waals surface area contributed by atoms with Crippen LogP contribution in [0.15, 0.2) is 18.6 Å². The smallest absolute Gasteiger partial charge is 0.370 e. The number of hydrogen-bond donors (Lipinski definition) is 2. The molecule has 1 aliphatic rings. The molecule has 4 heterocycles. The number of piperazine rings is 1.